The van der Waals surface area contributed by atoms with E-state index in [-0.39, 0.29) is 11.7 Å². The molecule has 1 amide bonds. The highest BCUT2D eigenvalue weighted by Crippen LogP contribution is 2.23. The van der Waals surface area contributed by atoms with Crippen molar-refractivity contribution in [3.8, 4) is 0 Å². The molecule has 2 aromatic rings. The van der Waals surface area contributed by atoms with Crippen molar-refractivity contribution in [1.82, 2.24) is 4.98 Å². The van der Waals surface area contributed by atoms with Crippen LogP contribution < -0.4 is 11.1 Å². The zero-order chi connectivity index (χ0) is 13.8. The second kappa shape index (κ2) is 5.99. The first kappa shape index (κ1) is 13.8. The Balaban J connectivity index is 1.92. The molecule has 5 nitrogen and oxygen atoms in total. The third-order valence-corrected chi connectivity index (χ3v) is 3.29. The van der Waals surface area contributed by atoms with Gasteiger partial charge in [-0.3, -0.25) is 4.79 Å². The lowest BCUT2D eigenvalue weighted by atomic mass is 10.2. The van der Waals surface area contributed by atoms with Crippen molar-refractivity contribution in [2.45, 2.75) is 12.1 Å². The summed E-state index contributed by atoms with van der Waals surface area (Å²) in [5.74, 6) is -0.0128. The molecule has 1 aromatic carbocycles. The van der Waals surface area contributed by atoms with Crippen molar-refractivity contribution in [3.63, 3.8) is 0 Å². The molecule has 0 aliphatic carbocycles. The van der Waals surface area contributed by atoms with E-state index in [1.807, 2.05) is 6.92 Å². The summed E-state index contributed by atoms with van der Waals surface area (Å²) in [5.41, 5.74) is 7.49. The summed E-state index contributed by atoms with van der Waals surface area (Å²) < 4.78 is 5.13. The van der Waals surface area contributed by atoms with Crippen molar-refractivity contribution in [2.24, 2.45) is 0 Å². The van der Waals surface area contributed by atoms with Crippen LogP contribution in [0.1, 0.15) is 5.69 Å². The Morgan fingerprint density at radius 2 is 2.37 bits per heavy atom. The Bertz CT molecular complexity index is 600. The minimum Gasteiger partial charge on any atom is -0.440 e. The molecule has 0 atom stereocenters. The number of nitrogens with two attached hydrogens (primary N) is 1. The quantitative estimate of drug-likeness (QED) is 0.670. The van der Waals surface area contributed by atoms with E-state index in [9.17, 15) is 4.79 Å². The highest BCUT2D eigenvalue weighted by atomic mass is 35.5. The van der Waals surface area contributed by atoms with Crippen LogP contribution in [0.5, 0.6) is 0 Å². The highest BCUT2D eigenvalue weighted by molar-refractivity contribution is 7.99. The van der Waals surface area contributed by atoms with Crippen molar-refractivity contribution in [1.29, 1.82) is 0 Å². The Morgan fingerprint density at radius 3 is 3.05 bits per heavy atom. The number of nitrogen functional groups attached to an aromatic ring is 1. The van der Waals surface area contributed by atoms with Crippen LogP contribution in [-0.2, 0) is 4.79 Å². The van der Waals surface area contributed by atoms with Crippen LogP contribution >= 0.6 is 23.4 Å². The molecule has 0 bridgehead atoms. The third kappa shape index (κ3) is 3.90. The molecule has 0 radical (unpaired) electrons. The average molecular weight is 298 g/mol. The molecule has 1 heterocycles. The summed E-state index contributed by atoms with van der Waals surface area (Å²) in [4.78, 5) is 15.8. The minimum absolute atomic E-state index is 0.186. The van der Waals surface area contributed by atoms with Gasteiger partial charge in [0, 0.05) is 5.02 Å². The third-order valence-electron chi connectivity index (χ3n) is 2.21. The number of carbonyl (C=O) groups is 1. The molecule has 0 aliphatic rings. The fourth-order valence-corrected chi connectivity index (χ4v) is 2.17. The average Bonchev–Trinajstić information content (AvgIpc) is 2.77. The fourth-order valence-electron chi connectivity index (χ4n) is 1.35. The number of rotatable bonds is 4. The molecule has 0 fully saturated rings. The van der Waals surface area contributed by atoms with Gasteiger partial charge in [0.1, 0.15) is 6.26 Å². The van der Waals surface area contributed by atoms with E-state index in [1.165, 1.54) is 18.0 Å². The predicted octanol–water partition coefficient (Wildman–Crippen LogP) is 2.95. The molecule has 2 rings (SSSR count). The molecular weight excluding hydrogens is 286 g/mol. The summed E-state index contributed by atoms with van der Waals surface area (Å²) in [6, 6.07) is 4.91. The van der Waals surface area contributed by atoms with Gasteiger partial charge in [-0.05, 0) is 25.1 Å². The van der Waals surface area contributed by atoms with E-state index in [0.29, 0.717) is 21.6 Å². The number of hydrogen-bond acceptors (Lipinski definition) is 5. The molecule has 7 heteroatoms. The summed E-state index contributed by atoms with van der Waals surface area (Å²) >= 11 is 7.05. The number of nitrogens with zero attached hydrogens (tertiary/aromatic N) is 1. The van der Waals surface area contributed by atoms with Gasteiger partial charge in [0.2, 0.25) is 5.91 Å². The van der Waals surface area contributed by atoms with E-state index in [0.717, 1.165) is 5.69 Å². The van der Waals surface area contributed by atoms with Crippen LogP contribution in [-0.4, -0.2) is 16.6 Å². The predicted molar refractivity (Wildman–Crippen MR) is 76.5 cm³/mol. The number of carbonyl (C=O) groups excluding carboxylic acids is 1. The molecule has 1 aromatic heterocycles. The SMILES string of the molecule is Cc1coc(SCC(=O)Nc2cc(Cl)ccc2N)n1. The van der Waals surface area contributed by atoms with Gasteiger partial charge in [0.25, 0.3) is 5.22 Å². The normalized spacial score (nSPS) is 10.4. The first-order valence-electron chi connectivity index (χ1n) is 5.44. The van der Waals surface area contributed by atoms with Gasteiger partial charge < -0.3 is 15.5 Å². The molecule has 19 heavy (non-hydrogen) atoms. The molecule has 0 saturated carbocycles. The second-order valence-corrected chi connectivity index (χ2v) is 5.19. The summed E-state index contributed by atoms with van der Waals surface area (Å²) in [7, 11) is 0. The van der Waals surface area contributed by atoms with Gasteiger partial charge in [0.05, 0.1) is 22.8 Å². The Morgan fingerprint density at radius 1 is 1.58 bits per heavy atom. The van der Waals surface area contributed by atoms with Crippen LogP contribution in [0, 0.1) is 6.92 Å². The molecular formula is C12H12ClN3O2S. The van der Waals surface area contributed by atoms with Crippen molar-refractivity contribution < 1.29 is 9.21 Å². The Labute approximate surface area is 119 Å². The van der Waals surface area contributed by atoms with E-state index < -0.39 is 0 Å². The van der Waals surface area contributed by atoms with Crippen LogP contribution in [0.3, 0.4) is 0 Å². The number of aryl methyl sites for hydroxylation is 1. The molecule has 100 valence electrons. The molecule has 3 N–H and O–H groups in total. The first-order chi connectivity index (χ1) is 9.04. The highest BCUT2D eigenvalue weighted by Gasteiger charge is 2.09. The van der Waals surface area contributed by atoms with Gasteiger partial charge in [0.15, 0.2) is 0 Å². The van der Waals surface area contributed by atoms with Crippen LogP contribution in [0.4, 0.5) is 11.4 Å². The number of amides is 1. The van der Waals surface area contributed by atoms with Gasteiger partial charge in [-0.25, -0.2) is 4.98 Å². The van der Waals surface area contributed by atoms with E-state index >= 15 is 0 Å². The number of hydrogen-bond donors (Lipinski definition) is 2. The zero-order valence-corrected chi connectivity index (χ0v) is 11.7. The number of halogens is 1. The number of thioether (sulfide) groups is 1. The maximum absolute atomic E-state index is 11.8. The van der Waals surface area contributed by atoms with Crippen LogP contribution in [0.15, 0.2) is 34.1 Å². The van der Waals surface area contributed by atoms with Gasteiger partial charge in [-0.1, -0.05) is 23.4 Å². The van der Waals surface area contributed by atoms with Crippen molar-refractivity contribution in [3.05, 3.63) is 35.2 Å². The number of benzene rings is 1. The first-order valence-corrected chi connectivity index (χ1v) is 6.81. The summed E-state index contributed by atoms with van der Waals surface area (Å²) in [5, 5.41) is 3.67. The van der Waals surface area contributed by atoms with Gasteiger partial charge >= 0.3 is 0 Å². The number of aromatic nitrogens is 1. The number of anilines is 2. The minimum atomic E-state index is -0.199. The fraction of sp³-hybridized carbons (Fsp3) is 0.167. The Hall–Kier alpha value is -1.66. The van der Waals surface area contributed by atoms with Crippen molar-refractivity contribution >= 4 is 40.6 Å². The smallest absolute Gasteiger partial charge is 0.256 e. The van der Waals surface area contributed by atoms with Gasteiger partial charge in [-0.15, -0.1) is 0 Å². The lowest BCUT2D eigenvalue weighted by molar-refractivity contribution is -0.113. The topological polar surface area (TPSA) is 81.2 Å². The second-order valence-electron chi connectivity index (χ2n) is 3.82. The lowest BCUT2D eigenvalue weighted by Gasteiger charge is -2.07. The monoisotopic (exact) mass is 297 g/mol. The zero-order valence-electron chi connectivity index (χ0n) is 10.1. The Kier molecular flexibility index (Phi) is 4.34. The molecule has 0 spiro atoms. The van der Waals surface area contributed by atoms with Crippen LogP contribution in [0.2, 0.25) is 5.02 Å². The lowest BCUT2D eigenvalue weighted by Crippen LogP contribution is -2.15. The largest absolute Gasteiger partial charge is 0.440 e. The number of oxazole rings is 1. The van der Waals surface area contributed by atoms with E-state index in [1.54, 1.807) is 18.2 Å². The summed E-state index contributed by atoms with van der Waals surface area (Å²) in [6.07, 6.45) is 1.54. The van der Waals surface area contributed by atoms with Crippen molar-refractivity contribution in [2.75, 3.05) is 16.8 Å². The van der Waals surface area contributed by atoms with E-state index in [2.05, 4.69) is 10.3 Å². The standard InChI is InChI=1S/C12H12ClN3O2S/c1-7-5-18-12(15-7)19-6-11(17)16-10-4-8(13)2-3-9(10)14/h2-5H,6,14H2,1H3,(H,16,17). The molecule has 0 saturated heterocycles. The maximum atomic E-state index is 11.8. The maximum Gasteiger partial charge on any atom is 0.256 e. The molecule has 0 unspecified atom stereocenters. The number of nitrogens with one attached hydrogen (secondary N) is 1. The molecule has 0 aliphatic heterocycles. The van der Waals surface area contributed by atoms with Crippen LogP contribution in [0.25, 0.3) is 0 Å². The summed E-state index contributed by atoms with van der Waals surface area (Å²) in [6.45, 7) is 1.82. The van der Waals surface area contributed by atoms with E-state index in [4.69, 9.17) is 21.8 Å². The van der Waals surface area contributed by atoms with Gasteiger partial charge in [-0.2, -0.15) is 0 Å².